The average Bonchev–Trinajstić information content (AvgIpc) is 3.47. The largest absolute Gasteiger partial charge is 0.465 e. The molecule has 1 N–H and O–H groups in total. The van der Waals surface area contributed by atoms with Crippen LogP contribution >= 0.6 is 11.8 Å². The average molecular weight is 549 g/mol. The van der Waals surface area contributed by atoms with Gasteiger partial charge < -0.3 is 19.6 Å². The van der Waals surface area contributed by atoms with Gasteiger partial charge in [0.2, 0.25) is 11.8 Å². The number of carbonyl (C=O) groups excluding carboxylic acids is 3. The zero-order chi connectivity index (χ0) is 28.1. The van der Waals surface area contributed by atoms with Gasteiger partial charge in [0.15, 0.2) is 0 Å². The van der Waals surface area contributed by atoms with E-state index in [1.807, 2.05) is 24.8 Å². The maximum Gasteiger partial charge on any atom is 0.311 e. The second-order valence-electron chi connectivity index (χ2n) is 11.5. The van der Waals surface area contributed by atoms with Crippen LogP contribution in [0.2, 0.25) is 0 Å². The number of esters is 1. The van der Waals surface area contributed by atoms with E-state index in [1.54, 1.807) is 22.7 Å². The summed E-state index contributed by atoms with van der Waals surface area (Å²) < 4.78 is 4.59. The number of nitrogens with zero attached hydrogens (tertiary/aromatic N) is 2. The second kappa shape index (κ2) is 13.0. The number of aliphatic hydroxyl groups is 1. The standard InChI is InChI=1S/C30H48N2O5S/c1-7-11-13-14-19-37-28(36)24-23-26(34)32(22(20-33)21(5)10-4)25(30(23)16-15-29(24,6)38-30)27(35)31(17-9-3)18-12-8-2/h7,9,21-25,33H,1,3,8,10-20H2,2,4-6H3/t21-,22-,23-,24+,25?,29-,30?/m0/s1. The minimum absolute atomic E-state index is 0.00558. The summed E-state index contributed by atoms with van der Waals surface area (Å²) in [6.07, 6.45) is 10.1. The van der Waals surface area contributed by atoms with Crippen molar-refractivity contribution in [2.75, 3.05) is 26.3 Å². The van der Waals surface area contributed by atoms with Crippen molar-refractivity contribution in [3.05, 3.63) is 25.3 Å². The molecule has 0 saturated carbocycles. The van der Waals surface area contributed by atoms with Gasteiger partial charge in [-0.1, -0.05) is 45.8 Å². The molecule has 2 amide bonds. The number of likely N-dealkylation sites (tertiary alicyclic amines) is 1. The minimum Gasteiger partial charge on any atom is -0.465 e. The fourth-order valence-corrected chi connectivity index (χ4v) is 9.12. The van der Waals surface area contributed by atoms with E-state index >= 15 is 0 Å². The summed E-state index contributed by atoms with van der Waals surface area (Å²) in [6.45, 7) is 16.9. The zero-order valence-electron chi connectivity index (χ0n) is 23.8. The van der Waals surface area contributed by atoms with Crippen molar-refractivity contribution in [1.82, 2.24) is 9.80 Å². The molecule has 38 heavy (non-hydrogen) atoms. The molecule has 214 valence electrons. The van der Waals surface area contributed by atoms with E-state index in [1.165, 1.54) is 0 Å². The quantitative estimate of drug-likeness (QED) is 0.173. The smallest absolute Gasteiger partial charge is 0.311 e. The number of aliphatic hydroxyl groups excluding tert-OH is 1. The molecule has 2 bridgehead atoms. The first kappa shape index (κ1) is 30.7. The molecule has 0 aromatic heterocycles. The lowest BCUT2D eigenvalue weighted by Crippen LogP contribution is -2.58. The Labute approximate surface area is 233 Å². The predicted octanol–water partition coefficient (Wildman–Crippen LogP) is 4.59. The number of fused-ring (bicyclic) bond motifs is 1. The van der Waals surface area contributed by atoms with E-state index in [2.05, 4.69) is 27.0 Å². The Morgan fingerprint density at radius 1 is 1.24 bits per heavy atom. The molecule has 0 aromatic carbocycles. The van der Waals surface area contributed by atoms with Crippen LogP contribution in [0.4, 0.5) is 0 Å². The van der Waals surface area contributed by atoms with E-state index in [0.29, 0.717) is 26.1 Å². The summed E-state index contributed by atoms with van der Waals surface area (Å²) in [5.41, 5.74) is 0. The van der Waals surface area contributed by atoms with Crippen LogP contribution in [0, 0.1) is 17.8 Å². The summed E-state index contributed by atoms with van der Waals surface area (Å²) in [7, 11) is 0. The number of unbranched alkanes of at least 4 members (excludes halogenated alkanes) is 3. The fraction of sp³-hybridized carbons (Fsp3) is 0.767. The van der Waals surface area contributed by atoms with Crippen LogP contribution < -0.4 is 0 Å². The molecule has 8 heteroatoms. The van der Waals surface area contributed by atoms with Gasteiger partial charge >= 0.3 is 5.97 Å². The van der Waals surface area contributed by atoms with Crippen molar-refractivity contribution in [2.45, 2.75) is 101 Å². The molecule has 3 aliphatic heterocycles. The first-order valence-electron chi connectivity index (χ1n) is 14.5. The van der Waals surface area contributed by atoms with E-state index < -0.39 is 33.4 Å². The molecule has 2 unspecified atom stereocenters. The summed E-state index contributed by atoms with van der Waals surface area (Å²) in [5, 5.41) is 10.5. The van der Waals surface area contributed by atoms with Crippen LogP contribution in [0.1, 0.15) is 79.1 Å². The number of hydrogen-bond acceptors (Lipinski definition) is 6. The molecule has 3 rings (SSSR count). The van der Waals surface area contributed by atoms with Crippen LogP contribution in [0.5, 0.6) is 0 Å². The van der Waals surface area contributed by atoms with Crippen LogP contribution in [0.25, 0.3) is 0 Å². The molecule has 3 fully saturated rings. The van der Waals surface area contributed by atoms with Crippen LogP contribution in [0.3, 0.4) is 0 Å². The van der Waals surface area contributed by atoms with Crippen LogP contribution in [-0.2, 0) is 19.1 Å². The van der Waals surface area contributed by atoms with Gasteiger partial charge in [0, 0.05) is 17.8 Å². The second-order valence-corrected chi connectivity index (χ2v) is 13.4. The SMILES string of the molecule is C=CCCCCOC(=O)[C@H]1[C@H]2C(=O)N([C@@H](CO)[C@@H](C)CC)C(C(=O)N(CC=C)CCCC)C23CC[C@]1(C)S3. The molecule has 0 aromatic rings. The Morgan fingerprint density at radius 3 is 2.58 bits per heavy atom. The lowest BCUT2D eigenvalue weighted by molar-refractivity contribution is -0.156. The maximum atomic E-state index is 14.4. The van der Waals surface area contributed by atoms with Gasteiger partial charge in [-0.05, 0) is 51.4 Å². The summed E-state index contributed by atoms with van der Waals surface area (Å²) in [6, 6.07) is -1.21. The van der Waals surface area contributed by atoms with Crippen molar-refractivity contribution < 1.29 is 24.2 Å². The zero-order valence-corrected chi connectivity index (χ0v) is 24.6. The fourth-order valence-electron chi connectivity index (χ4n) is 6.79. The van der Waals surface area contributed by atoms with Gasteiger partial charge in [0.05, 0.1) is 35.8 Å². The van der Waals surface area contributed by atoms with Crippen molar-refractivity contribution in [3.8, 4) is 0 Å². The number of carbonyl (C=O) groups is 3. The van der Waals surface area contributed by atoms with Crippen molar-refractivity contribution >= 4 is 29.5 Å². The normalized spacial score (nSPS) is 31.1. The number of thioether (sulfide) groups is 1. The van der Waals surface area contributed by atoms with Crippen molar-refractivity contribution in [2.24, 2.45) is 17.8 Å². The molecule has 1 spiro atoms. The van der Waals surface area contributed by atoms with E-state index in [0.717, 1.165) is 44.9 Å². The van der Waals surface area contributed by atoms with E-state index in [9.17, 15) is 19.5 Å². The molecule has 7 nitrogen and oxygen atoms in total. The van der Waals surface area contributed by atoms with Gasteiger partial charge in [-0.2, -0.15) is 0 Å². The number of hydrogen-bond donors (Lipinski definition) is 1. The number of ether oxygens (including phenoxy) is 1. The Morgan fingerprint density at radius 2 is 1.97 bits per heavy atom. The highest BCUT2D eigenvalue weighted by molar-refractivity contribution is 8.02. The highest BCUT2D eigenvalue weighted by Gasteiger charge is 2.78. The lowest BCUT2D eigenvalue weighted by Gasteiger charge is -2.41. The van der Waals surface area contributed by atoms with Gasteiger partial charge in [-0.25, -0.2) is 0 Å². The lowest BCUT2D eigenvalue weighted by atomic mass is 9.66. The van der Waals surface area contributed by atoms with Gasteiger partial charge in [-0.15, -0.1) is 24.9 Å². The Bertz CT molecular complexity index is 896. The third kappa shape index (κ3) is 5.45. The Hall–Kier alpha value is -1.80. The van der Waals surface area contributed by atoms with E-state index in [-0.39, 0.29) is 30.3 Å². The minimum atomic E-state index is -0.722. The van der Waals surface area contributed by atoms with Crippen LogP contribution in [0.15, 0.2) is 25.3 Å². The first-order valence-corrected chi connectivity index (χ1v) is 15.3. The summed E-state index contributed by atoms with van der Waals surface area (Å²) in [4.78, 5) is 45.8. The predicted molar refractivity (Wildman–Crippen MR) is 153 cm³/mol. The third-order valence-corrected chi connectivity index (χ3v) is 11.0. The molecule has 3 saturated heterocycles. The van der Waals surface area contributed by atoms with Crippen molar-refractivity contribution in [1.29, 1.82) is 0 Å². The molecule has 0 radical (unpaired) electrons. The number of amides is 2. The van der Waals surface area contributed by atoms with Crippen molar-refractivity contribution in [3.63, 3.8) is 0 Å². The molecular weight excluding hydrogens is 500 g/mol. The highest BCUT2D eigenvalue weighted by Crippen LogP contribution is 2.72. The summed E-state index contributed by atoms with van der Waals surface area (Å²) in [5.74, 6) is -1.83. The topological polar surface area (TPSA) is 87.1 Å². The van der Waals surface area contributed by atoms with Gasteiger partial charge in [-0.3, -0.25) is 14.4 Å². The monoisotopic (exact) mass is 548 g/mol. The first-order chi connectivity index (χ1) is 18.2. The summed E-state index contributed by atoms with van der Waals surface area (Å²) >= 11 is 1.65. The molecular formula is C30H48N2O5S. The van der Waals surface area contributed by atoms with Crippen LogP contribution in [-0.4, -0.2) is 80.6 Å². The molecule has 3 heterocycles. The number of rotatable bonds is 16. The number of allylic oxidation sites excluding steroid dienone is 1. The van der Waals surface area contributed by atoms with Gasteiger partial charge in [0.1, 0.15) is 6.04 Å². The van der Waals surface area contributed by atoms with Gasteiger partial charge in [0.25, 0.3) is 0 Å². The maximum absolute atomic E-state index is 14.4. The molecule has 3 aliphatic rings. The van der Waals surface area contributed by atoms with E-state index in [4.69, 9.17) is 4.74 Å². The third-order valence-electron chi connectivity index (χ3n) is 9.04. The Kier molecular flexibility index (Phi) is 10.5. The molecule has 0 aliphatic carbocycles. The Balaban J connectivity index is 2.02. The molecule has 7 atom stereocenters. The highest BCUT2D eigenvalue weighted by atomic mass is 32.2.